The van der Waals surface area contributed by atoms with Crippen molar-refractivity contribution in [3.8, 4) is 0 Å². The fourth-order valence-electron chi connectivity index (χ4n) is 1.04. The Morgan fingerprint density at radius 2 is 1.93 bits per heavy atom. The van der Waals surface area contributed by atoms with Gasteiger partial charge in [0.1, 0.15) is 11.6 Å². The average Bonchev–Trinajstić information content (AvgIpc) is 2.19. The van der Waals surface area contributed by atoms with E-state index in [4.69, 9.17) is 0 Å². The molecule has 0 saturated carbocycles. The molecule has 0 radical (unpaired) electrons. The van der Waals surface area contributed by atoms with Crippen LogP contribution in [0.25, 0.3) is 0 Å². The summed E-state index contributed by atoms with van der Waals surface area (Å²) in [5.41, 5.74) is -1.76. The first kappa shape index (κ1) is 12.2. The fraction of sp³-hybridized carbons (Fsp3) is 0.222. The summed E-state index contributed by atoms with van der Waals surface area (Å²) in [4.78, 5) is 11.1. The van der Waals surface area contributed by atoms with Gasteiger partial charge in [0.25, 0.3) is 6.43 Å². The molecule has 0 aliphatic heterocycles. The summed E-state index contributed by atoms with van der Waals surface area (Å²) in [5, 5.41) is -0.254. The van der Waals surface area contributed by atoms with Gasteiger partial charge in [0.05, 0.1) is 16.5 Å². The topological polar surface area (TPSA) is 17.1 Å². The van der Waals surface area contributed by atoms with E-state index in [1.165, 1.54) is 0 Å². The molecule has 1 nitrogen and oxygen atoms in total. The van der Waals surface area contributed by atoms with E-state index in [1.54, 1.807) is 0 Å². The lowest BCUT2D eigenvalue weighted by Gasteiger charge is -2.06. The van der Waals surface area contributed by atoms with Crippen molar-refractivity contribution >= 4 is 21.7 Å². The molecule has 0 bridgehead atoms. The van der Waals surface area contributed by atoms with Gasteiger partial charge in [-0.15, -0.1) is 0 Å². The summed E-state index contributed by atoms with van der Waals surface area (Å²) in [6.07, 6.45) is -3.15. The number of Topliss-reactive ketones (excluding diaryl/α,β-unsaturated/α-hetero) is 1. The maximum atomic E-state index is 13.3. The molecular weight excluding hydrogens is 280 g/mol. The molecule has 0 N–H and O–H groups in total. The second-order valence-corrected chi connectivity index (χ2v) is 3.27. The summed E-state index contributed by atoms with van der Waals surface area (Å²) < 4.78 is 50.5. The third-order valence-electron chi connectivity index (χ3n) is 1.72. The van der Waals surface area contributed by atoms with Gasteiger partial charge >= 0.3 is 0 Å². The van der Waals surface area contributed by atoms with Gasteiger partial charge in [0.15, 0.2) is 5.78 Å². The largest absolute Gasteiger partial charge is 0.293 e. The van der Waals surface area contributed by atoms with E-state index in [2.05, 4.69) is 15.9 Å². The molecule has 6 heteroatoms. The molecule has 82 valence electrons. The van der Waals surface area contributed by atoms with Gasteiger partial charge in [-0.2, -0.15) is 0 Å². The van der Waals surface area contributed by atoms with Gasteiger partial charge in [-0.1, -0.05) is 15.9 Å². The van der Waals surface area contributed by atoms with Crippen LogP contribution in [0.3, 0.4) is 0 Å². The number of halogens is 5. The van der Waals surface area contributed by atoms with Crippen molar-refractivity contribution in [3.63, 3.8) is 0 Å². The number of ketones is 1. The molecule has 1 aromatic carbocycles. The lowest BCUT2D eigenvalue weighted by atomic mass is 10.1. The number of carbonyl (C=O) groups excluding carboxylic acids is 1. The minimum absolute atomic E-state index is 0.254. The summed E-state index contributed by atoms with van der Waals surface area (Å²) in [5.74, 6) is -3.21. The standard InChI is InChI=1S/C9H5BrF4O/c10-3-7(15)5-1-4(11)2-6(8(5)12)9(13)14/h1-2,9H,3H2. The number of alkyl halides is 3. The summed E-state index contributed by atoms with van der Waals surface area (Å²) in [6, 6.07) is 0.982. The van der Waals surface area contributed by atoms with Crippen molar-refractivity contribution in [1.82, 2.24) is 0 Å². The second-order valence-electron chi connectivity index (χ2n) is 2.71. The van der Waals surface area contributed by atoms with Crippen molar-refractivity contribution in [1.29, 1.82) is 0 Å². The molecule has 0 aliphatic carbocycles. The van der Waals surface area contributed by atoms with Crippen LogP contribution in [0, 0.1) is 11.6 Å². The Morgan fingerprint density at radius 1 is 1.33 bits per heavy atom. The van der Waals surface area contributed by atoms with Crippen molar-refractivity contribution in [2.45, 2.75) is 6.43 Å². The Hall–Kier alpha value is -0.910. The van der Waals surface area contributed by atoms with Gasteiger partial charge < -0.3 is 0 Å². The molecule has 0 unspecified atom stereocenters. The van der Waals surface area contributed by atoms with Crippen LogP contribution in [0.2, 0.25) is 0 Å². The Balaban J connectivity index is 3.34. The van der Waals surface area contributed by atoms with Crippen LogP contribution in [0.15, 0.2) is 12.1 Å². The maximum Gasteiger partial charge on any atom is 0.266 e. The van der Waals surface area contributed by atoms with Crippen LogP contribution < -0.4 is 0 Å². The molecule has 0 aliphatic rings. The van der Waals surface area contributed by atoms with Crippen LogP contribution in [-0.4, -0.2) is 11.1 Å². The van der Waals surface area contributed by atoms with Gasteiger partial charge in [0.2, 0.25) is 0 Å². The third kappa shape index (κ3) is 2.56. The lowest BCUT2D eigenvalue weighted by Crippen LogP contribution is -2.07. The fourth-order valence-corrected chi connectivity index (χ4v) is 1.35. The predicted molar refractivity (Wildman–Crippen MR) is 49.4 cm³/mol. The zero-order valence-electron chi connectivity index (χ0n) is 7.24. The molecule has 0 spiro atoms. The number of carbonyl (C=O) groups is 1. The van der Waals surface area contributed by atoms with E-state index in [-0.39, 0.29) is 5.33 Å². The van der Waals surface area contributed by atoms with Crippen molar-refractivity contribution in [2.24, 2.45) is 0 Å². The molecule has 1 aromatic rings. The minimum atomic E-state index is -3.15. The maximum absolute atomic E-state index is 13.3. The smallest absolute Gasteiger partial charge is 0.266 e. The molecular formula is C9H5BrF4O. The number of benzene rings is 1. The Kier molecular flexibility index (Phi) is 3.84. The number of hydrogen-bond donors (Lipinski definition) is 0. The third-order valence-corrected chi connectivity index (χ3v) is 2.23. The van der Waals surface area contributed by atoms with E-state index in [1.807, 2.05) is 0 Å². The predicted octanol–water partition coefficient (Wildman–Crippen LogP) is 3.48. The molecule has 1 rings (SSSR count). The Morgan fingerprint density at radius 3 is 2.40 bits per heavy atom. The molecule has 0 amide bonds. The highest BCUT2D eigenvalue weighted by Crippen LogP contribution is 2.25. The van der Waals surface area contributed by atoms with Crippen molar-refractivity contribution in [3.05, 3.63) is 34.9 Å². The monoisotopic (exact) mass is 284 g/mol. The van der Waals surface area contributed by atoms with Gasteiger partial charge in [-0.3, -0.25) is 4.79 Å². The molecule has 15 heavy (non-hydrogen) atoms. The zero-order valence-corrected chi connectivity index (χ0v) is 8.82. The summed E-state index contributed by atoms with van der Waals surface area (Å²) >= 11 is 2.75. The highest BCUT2D eigenvalue weighted by molar-refractivity contribution is 9.09. The minimum Gasteiger partial charge on any atom is -0.293 e. The van der Waals surface area contributed by atoms with Crippen LogP contribution in [0.4, 0.5) is 17.6 Å². The first-order valence-electron chi connectivity index (χ1n) is 3.83. The van der Waals surface area contributed by atoms with Crippen LogP contribution >= 0.6 is 15.9 Å². The molecule has 0 heterocycles. The van der Waals surface area contributed by atoms with Crippen LogP contribution in [-0.2, 0) is 0 Å². The van der Waals surface area contributed by atoms with E-state index < -0.39 is 35.0 Å². The SMILES string of the molecule is O=C(CBr)c1cc(F)cc(C(F)F)c1F. The molecule has 0 fully saturated rings. The Bertz CT molecular complexity index is 392. The van der Waals surface area contributed by atoms with E-state index in [0.717, 1.165) is 0 Å². The van der Waals surface area contributed by atoms with Crippen LogP contribution in [0.5, 0.6) is 0 Å². The molecule has 0 aromatic heterocycles. The summed E-state index contributed by atoms with van der Waals surface area (Å²) in [6.45, 7) is 0. The highest BCUT2D eigenvalue weighted by Gasteiger charge is 2.21. The number of hydrogen-bond acceptors (Lipinski definition) is 1. The second kappa shape index (κ2) is 4.74. The first-order valence-corrected chi connectivity index (χ1v) is 4.95. The average molecular weight is 285 g/mol. The van der Waals surface area contributed by atoms with Crippen molar-refractivity contribution in [2.75, 3.05) is 5.33 Å². The zero-order chi connectivity index (χ0) is 11.6. The van der Waals surface area contributed by atoms with Crippen LogP contribution in [0.1, 0.15) is 22.3 Å². The summed E-state index contributed by atoms with van der Waals surface area (Å²) in [7, 11) is 0. The van der Waals surface area contributed by atoms with Gasteiger partial charge in [0, 0.05) is 0 Å². The van der Waals surface area contributed by atoms with E-state index in [0.29, 0.717) is 12.1 Å². The lowest BCUT2D eigenvalue weighted by molar-refractivity contribution is 0.101. The first-order chi connectivity index (χ1) is 6.97. The van der Waals surface area contributed by atoms with Gasteiger partial charge in [-0.05, 0) is 12.1 Å². The van der Waals surface area contributed by atoms with Crippen molar-refractivity contribution < 1.29 is 22.4 Å². The normalized spacial score (nSPS) is 10.8. The quantitative estimate of drug-likeness (QED) is 0.472. The molecule has 0 atom stereocenters. The Labute approximate surface area is 91.2 Å². The number of rotatable bonds is 3. The molecule has 0 saturated heterocycles. The van der Waals surface area contributed by atoms with Gasteiger partial charge in [-0.25, -0.2) is 17.6 Å². The van der Waals surface area contributed by atoms with E-state index >= 15 is 0 Å². The highest BCUT2D eigenvalue weighted by atomic mass is 79.9. The van der Waals surface area contributed by atoms with E-state index in [9.17, 15) is 22.4 Å².